The van der Waals surface area contributed by atoms with Crippen LogP contribution in [0.25, 0.3) is 0 Å². The van der Waals surface area contributed by atoms with E-state index in [2.05, 4.69) is 39.9 Å². The molecule has 1 aliphatic rings. The summed E-state index contributed by atoms with van der Waals surface area (Å²) in [4.78, 5) is 25.2. The maximum atomic E-state index is 12.9. The van der Waals surface area contributed by atoms with Gasteiger partial charge < -0.3 is 19.2 Å². The molecule has 2 heterocycles. The van der Waals surface area contributed by atoms with Crippen molar-refractivity contribution in [2.75, 3.05) is 7.11 Å². The van der Waals surface area contributed by atoms with Gasteiger partial charge in [-0.2, -0.15) is 0 Å². The van der Waals surface area contributed by atoms with Crippen molar-refractivity contribution >= 4 is 11.9 Å². The van der Waals surface area contributed by atoms with Crippen molar-refractivity contribution < 1.29 is 23.5 Å². The minimum atomic E-state index is -0.917. The minimum Gasteiger partial charge on any atom is -0.487 e. The molecule has 6 nitrogen and oxygen atoms in total. The summed E-state index contributed by atoms with van der Waals surface area (Å²) >= 11 is 0. The highest BCUT2D eigenvalue weighted by Gasteiger charge is 2.31. The number of ether oxygens (including phenoxy) is 2. The monoisotopic (exact) mass is 491 g/mol. The van der Waals surface area contributed by atoms with Gasteiger partial charge in [0.25, 0.3) is 5.91 Å². The summed E-state index contributed by atoms with van der Waals surface area (Å²) < 4.78 is 17.2. The Hall–Kier alpha value is -3.54. The predicted octanol–water partition coefficient (Wildman–Crippen LogP) is 6.18. The van der Waals surface area contributed by atoms with Gasteiger partial charge in [-0.3, -0.25) is 4.79 Å². The van der Waals surface area contributed by atoms with Crippen molar-refractivity contribution in [1.82, 2.24) is 5.32 Å². The molecule has 1 atom stereocenters. The van der Waals surface area contributed by atoms with Crippen molar-refractivity contribution in [3.8, 4) is 5.75 Å². The summed E-state index contributed by atoms with van der Waals surface area (Å²) in [7, 11) is 1.30. The van der Waals surface area contributed by atoms with Gasteiger partial charge in [0.1, 0.15) is 17.1 Å². The number of carbonyl (C=O) groups excluding carboxylic acids is 2. The van der Waals surface area contributed by atoms with E-state index in [1.807, 2.05) is 12.1 Å². The van der Waals surface area contributed by atoms with Crippen molar-refractivity contribution in [3.05, 3.63) is 87.4 Å². The van der Waals surface area contributed by atoms with Gasteiger partial charge >= 0.3 is 5.97 Å². The van der Waals surface area contributed by atoms with E-state index in [4.69, 9.17) is 13.9 Å². The van der Waals surface area contributed by atoms with Gasteiger partial charge in [0.2, 0.25) is 0 Å². The fraction of sp³-hybridized carbons (Fsp3) is 0.400. The maximum Gasteiger partial charge on any atom is 0.333 e. The molecule has 36 heavy (non-hydrogen) atoms. The molecule has 192 valence electrons. The molecule has 4 rings (SSSR count). The van der Waals surface area contributed by atoms with Crippen LogP contribution in [-0.2, 0) is 22.4 Å². The number of esters is 1. The quantitative estimate of drug-likeness (QED) is 0.417. The number of benzene rings is 2. The third-order valence-corrected chi connectivity index (χ3v) is 6.97. The first-order valence-electron chi connectivity index (χ1n) is 11.9. The van der Waals surface area contributed by atoms with Crippen molar-refractivity contribution in [1.29, 1.82) is 0 Å². The van der Waals surface area contributed by atoms with Crippen LogP contribution in [-0.4, -0.2) is 24.6 Å². The molecule has 0 unspecified atom stereocenters. The smallest absolute Gasteiger partial charge is 0.333 e. The van der Waals surface area contributed by atoms with Crippen LogP contribution in [0.5, 0.6) is 5.75 Å². The van der Waals surface area contributed by atoms with Crippen LogP contribution >= 0.6 is 0 Å². The molecule has 1 N–H and O–H groups in total. The number of hydrogen-bond donors (Lipinski definition) is 1. The van der Waals surface area contributed by atoms with Crippen LogP contribution in [0, 0.1) is 20.8 Å². The molecule has 2 aromatic carbocycles. The van der Waals surface area contributed by atoms with Crippen molar-refractivity contribution in [2.45, 2.75) is 73.0 Å². The molecule has 3 aromatic rings. The standard InChI is InChI=1S/C29H33NO5.CH4/c1-17-18(2)26-22(14-15-29(4,5)35-26)19(3)23(17)16-21-12-13-24(34-21)27(31)30-25(28(32)33-6)20-10-8-7-9-11-20;/h7-13,25H,14-16H2,1-6H3,(H,30,31);1H4/t25-;/m0./s1. The second-order valence-electron chi connectivity index (χ2n) is 9.81. The number of furan rings is 1. The fourth-order valence-electron chi connectivity index (χ4n) is 4.73. The zero-order chi connectivity index (χ0) is 25.3. The molecule has 1 aliphatic heterocycles. The van der Waals surface area contributed by atoms with Crippen LogP contribution in [0.15, 0.2) is 46.9 Å². The van der Waals surface area contributed by atoms with Crippen LogP contribution < -0.4 is 10.1 Å². The van der Waals surface area contributed by atoms with E-state index in [0.29, 0.717) is 17.7 Å². The summed E-state index contributed by atoms with van der Waals surface area (Å²) in [5.74, 6) is 0.833. The number of carbonyl (C=O) groups is 2. The number of fused-ring (bicyclic) bond motifs is 1. The van der Waals surface area contributed by atoms with E-state index < -0.39 is 17.9 Å². The maximum absolute atomic E-state index is 12.9. The van der Waals surface area contributed by atoms with Gasteiger partial charge in [-0.15, -0.1) is 0 Å². The third-order valence-electron chi connectivity index (χ3n) is 6.97. The van der Waals surface area contributed by atoms with Gasteiger partial charge in [0.05, 0.1) is 7.11 Å². The van der Waals surface area contributed by atoms with Crippen molar-refractivity contribution in [2.24, 2.45) is 0 Å². The lowest BCUT2D eigenvalue weighted by Gasteiger charge is -2.35. The molecule has 0 aliphatic carbocycles. The van der Waals surface area contributed by atoms with E-state index in [-0.39, 0.29) is 18.8 Å². The summed E-state index contributed by atoms with van der Waals surface area (Å²) in [6.07, 6.45) is 2.51. The molecule has 6 heteroatoms. The summed E-state index contributed by atoms with van der Waals surface area (Å²) in [5, 5.41) is 2.73. The second-order valence-corrected chi connectivity index (χ2v) is 9.81. The van der Waals surface area contributed by atoms with E-state index in [1.165, 1.54) is 29.4 Å². The largest absolute Gasteiger partial charge is 0.487 e. The van der Waals surface area contributed by atoms with E-state index in [9.17, 15) is 9.59 Å². The zero-order valence-corrected chi connectivity index (χ0v) is 21.3. The zero-order valence-electron chi connectivity index (χ0n) is 21.3. The molecule has 0 spiro atoms. The first-order chi connectivity index (χ1) is 16.6. The van der Waals surface area contributed by atoms with Crippen LogP contribution in [0.1, 0.15) is 83.4 Å². The van der Waals surface area contributed by atoms with Crippen molar-refractivity contribution in [3.63, 3.8) is 0 Å². The Labute approximate surface area is 214 Å². The average Bonchev–Trinajstić information content (AvgIpc) is 3.32. The highest BCUT2D eigenvalue weighted by molar-refractivity contribution is 5.94. The number of amides is 1. The predicted molar refractivity (Wildman–Crippen MR) is 141 cm³/mol. The average molecular weight is 492 g/mol. The molecule has 0 bridgehead atoms. The highest BCUT2D eigenvalue weighted by atomic mass is 16.5. The first-order valence-corrected chi connectivity index (χ1v) is 11.9. The molecular formula is C30H37NO5. The molecule has 1 amide bonds. The SMILES string of the molecule is C.COC(=O)[C@@H](NC(=O)c1ccc(Cc2c(C)c(C)c3c(c2C)CCC(C)(C)O3)o1)c1ccccc1. The Morgan fingerprint density at radius 2 is 1.72 bits per heavy atom. The number of hydrogen-bond acceptors (Lipinski definition) is 5. The number of methoxy groups -OCH3 is 1. The van der Waals surface area contributed by atoms with E-state index in [0.717, 1.165) is 24.2 Å². The molecule has 0 radical (unpaired) electrons. The Kier molecular flexibility index (Phi) is 7.97. The normalized spacial score (nSPS) is 14.6. The second kappa shape index (κ2) is 10.6. The van der Waals surface area contributed by atoms with Gasteiger partial charge in [0, 0.05) is 6.42 Å². The Balaban J connectivity index is 0.00000361. The molecule has 0 saturated heterocycles. The van der Waals surface area contributed by atoms with Crippen LogP contribution in [0.2, 0.25) is 0 Å². The van der Waals surface area contributed by atoms with Gasteiger partial charge in [0.15, 0.2) is 11.8 Å². The molecule has 1 aromatic heterocycles. The number of rotatable bonds is 6. The highest BCUT2D eigenvalue weighted by Crippen LogP contribution is 2.41. The lowest BCUT2D eigenvalue weighted by atomic mass is 9.84. The van der Waals surface area contributed by atoms with E-state index in [1.54, 1.807) is 30.3 Å². The van der Waals surface area contributed by atoms with Crippen LogP contribution in [0.4, 0.5) is 0 Å². The molecule has 0 saturated carbocycles. The van der Waals surface area contributed by atoms with Gasteiger partial charge in [-0.1, -0.05) is 37.8 Å². The Morgan fingerprint density at radius 1 is 1.03 bits per heavy atom. The van der Waals surface area contributed by atoms with Gasteiger partial charge in [-0.05, 0) is 93.0 Å². The summed E-state index contributed by atoms with van der Waals surface area (Å²) in [6, 6.07) is 11.5. The topological polar surface area (TPSA) is 77.8 Å². The third kappa shape index (κ3) is 5.32. The summed E-state index contributed by atoms with van der Waals surface area (Å²) in [6.45, 7) is 10.6. The van der Waals surface area contributed by atoms with Crippen LogP contribution in [0.3, 0.4) is 0 Å². The first kappa shape index (κ1) is 27.1. The minimum absolute atomic E-state index is 0. The Bertz CT molecular complexity index is 1260. The Morgan fingerprint density at radius 3 is 2.39 bits per heavy atom. The fourth-order valence-corrected chi connectivity index (χ4v) is 4.73. The summed E-state index contributed by atoms with van der Waals surface area (Å²) in [5.41, 5.74) is 6.48. The lowest BCUT2D eigenvalue weighted by molar-refractivity contribution is -0.143. The lowest BCUT2D eigenvalue weighted by Crippen LogP contribution is -2.34. The number of nitrogens with one attached hydrogen (secondary N) is 1. The molecule has 0 fully saturated rings. The van der Waals surface area contributed by atoms with E-state index >= 15 is 0 Å². The molecular weight excluding hydrogens is 454 g/mol. The van der Waals surface area contributed by atoms with Gasteiger partial charge in [-0.25, -0.2) is 4.79 Å².